The standard InChI is InChI=1S/C10H12FN3O2S/c11-9-2-3-10(8(6-9)7-12)14-4-1-5-17(13,15)16/h2-3,6,14H,1,4-5H2,(H2,13,15,16). The largest absolute Gasteiger partial charge is 0.384 e. The molecule has 92 valence electrons. The van der Waals surface area contributed by atoms with Crippen molar-refractivity contribution in [3.05, 3.63) is 29.6 Å². The number of nitrogens with one attached hydrogen (secondary N) is 1. The number of benzene rings is 1. The van der Waals surface area contributed by atoms with E-state index in [-0.39, 0.29) is 11.3 Å². The predicted octanol–water partition coefficient (Wildman–Crippen LogP) is 0.788. The van der Waals surface area contributed by atoms with Crippen LogP contribution in [0, 0.1) is 17.1 Å². The van der Waals surface area contributed by atoms with Crippen molar-refractivity contribution in [2.24, 2.45) is 5.14 Å². The minimum absolute atomic E-state index is 0.136. The summed E-state index contributed by atoms with van der Waals surface area (Å²) in [7, 11) is -3.47. The summed E-state index contributed by atoms with van der Waals surface area (Å²) in [5, 5.41) is 16.4. The molecule has 0 heterocycles. The van der Waals surface area contributed by atoms with Crippen molar-refractivity contribution in [2.75, 3.05) is 17.6 Å². The van der Waals surface area contributed by atoms with E-state index in [1.807, 2.05) is 6.07 Å². The number of primary sulfonamides is 1. The van der Waals surface area contributed by atoms with E-state index in [0.717, 1.165) is 6.07 Å². The highest BCUT2D eigenvalue weighted by Crippen LogP contribution is 2.15. The summed E-state index contributed by atoms with van der Waals surface area (Å²) >= 11 is 0. The lowest BCUT2D eigenvalue weighted by atomic mass is 10.2. The Labute approximate surface area is 99.1 Å². The third kappa shape index (κ3) is 4.80. The SMILES string of the molecule is N#Cc1cc(F)ccc1NCCCS(N)(=O)=O. The Hall–Kier alpha value is -1.65. The van der Waals surface area contributed by atoms with Gasteiger partial charge in [-0.3, -0.25) is 0 Å². The van der Waals surface area contributed by atoms with Gasteiger partial charge in [-0.05, 0) is 24.6 Å². The van der Waals surface area contributed by atoms with Crippen LogP contribution in [-0.4, -0.2) is 20.7 Å². The molecule has 5 nitrogen and oxygen atoms in total. The van der Waals surface area contributed by atoms with Crippen LogP contribution in [0.2, 0.25) is 0 Å². The van der Waals surface area contributed by atoms with E-state index >= 15 is 0 Å². The molecule has 1 rings (SSSR count). The summed E-state index contributed by atoms with van der Waals surface area (Å²) in [5.74, 6) is -0.625. The predicted molar refractivity (Wildman–Crippen MR) is 62.2 cm³/mol. The first-order chi connectivity index (χ1) is 7.92. The second kappa shape index (κ2) is 5.61. The molecule has 7 heteroatoms. The summed E-state index contributed by atoms with van der Waals surface area (Å²) in [6, 6.07) is 5.62. The summed E-state index contributed by atoms with van der Waals surface area (Å²) in [5.41, 5.74) is 0.656. The zero-order valence-electron chi connectivity index (χ0n) is 8.98. The lowest BCUT2D eigenvalue weighted by Gasteiger charge is -2.07. The molecule has 0 radical (unpaired) electrons. The maximum Gasteiger partial charge on any atom is 0.209 e. The molecule has 3 N–H and O–H groups in total. The number of nitriles is 1. The van der Waals surface area contributed by atoms with Gasteiger partial charge in [0.25, 0.3) is 0 Å². The molecule has 0 spiro atoms. The van der Waals surface area contributed by atoms with Crippen molar-refractivity contribution in [1.82, 2.24) is 0 Å². The minimum atomic E-state index is -3.47. The van der Waals surface area contributed by atoms with Gasteiger partial charge in [0.1, 0.15) is 11.9 Å². The molecule has 1 aromatic carbocycles. The number of nitrogens with two attached hydrogens (primary N) is 1. The zero-order chi connectivity index (χ0) is 12.9. The topological polar surface area (TPSA) is 96.0 Å². The van der Waals surface area contributed by atoms with Gasteiger partial charge in [-0.1, -0.05) is 0 Å². The van der Waals surface area contributed by atoms with E-state index < -0.39 is 15.8 Å². The Bertz CT molecular complexity index is 537. The normalized spacial score (nSPS) is 10.9. The lowest BCUT2D eigenvalue weighted by Crippen LogP contribution is -2.18. The summed E-state index contributed by atoms with van der Waals surface area (Å²) < 4.78 is 34.1. The van der Waals surface area contributed by atoms with Gasteiger partial charge in [0.05, 0.1) is 17.0 Å². The average molecular weight is 257 g/mol. The van der Waals surface area contributed by atoms with Gasteiger partial charge in [-0.15, -0.1) is 0 Å². The molecular formula is C10H12FN3O2S. The summed E-state index contributed by atoms with van der Waals surface area (Å²) in [6.45, 7) is 0.344. The Morgan fingerprint density at radius 3 is 2.76 bits per heavy atom. The lowest BCUT2D eigenvalue weighted by molar-refractivity contribution is 0.596. The molecule has 0 bridgehead atoms. The molecule has 1 aromatic rings. The van der Waals surface area contributed by atoms with Crippen LogP contribution >= 0.6 is 0 Å². The molecule has 0 aromatic heterocycles. The van der Waals surface area contributed by atoms with E-state index in [0.29, 0.717) is 18.7 Å². The van der Waals surface area contributed by atoms with Crippen molar-refractivity contribution in [1.29, 1.82) is 5.26 Å². The first-order valence-electron chi connectivity index (χ1n) is 4.86. The molecule has 0 saturated heterocycles. The number of sulfonamides is 1. The first-order valence-corrected chi connectivity index (χ1v) is 6.58. The molecule has 0 unspecified atom stereocenters. The van der Waals surface area contributed by atoms with Crippen LogP contribution in [-0.2, 0) is 10.0 Å². The van der Waals surface area contributed by atoms with Crippen LogP contribution in [0.3, 0.4) is 0 Å². The summed E-state index contributed by atoms with van der Waals surface area (Å²) in [6.07, 6.45) is 0.321. The molecule has 0 aliphatic heterocycles. The van der Waals surface area contributed by atoms with Gasteiger partial charge >= 0.3 is 0 Å². The van der Waals surface area contributed by atoms with E-state index in [1.165, 1.54) is 12.1 Å². The maximum absolute atomic E-state index is 12.8. The highest BCUT2D eigenvalue weighted by molar-refractivity contribution is 7.89. The van der Waals surface area contributed by atoms with Crippen molar-refractivity contribution in [3.8, 4) is 6.07 Å². The number of hydrogen-bond donors (Lipinski definition) is 2. The van der Waals surface area contributed by atoms with Gasteiger partial charge in [-0.25, -0.2) is 17.9 Å². The van der Waals surface area contributed by atoms with Gasteiger partial charge in [0.2, 0.25) is 10.0 Å². The van der Waals surface area contributed by atoms with E-state index in [1.54, 1.807) is 0 Å². The third-order valence-corrected chi connectivity index (χ3v) is 2.88. The Morgan fingerprint density at radius 2 is 2.18 bits per heavy atom. The molecule has 0 fully saturated rings. The third-order valence-electron chi connectivity index (χ3n) is 2.02. The minimum Gasteiger partial charge on any atom is -0.384 e. The molecule has 0 atom stereocenters. The van der Waals surface area contributed by atoms with E-state index in [2.05, 4.69) is 5.32 Å². The number of anilines is 1. The number of halogens is 1. The highest BCUT2D eigenvalue weighted by atomic mass is 32.2. The fraction of sp³-hybridized carbons (Fsp3) is 0.300. The van der Waals surface area contributed by atoms with Gasteiger partial charge < -0.3 is 5.32 Å². The van der Waals surface area contributed by atoms with Crippen molar-refractivity contribution >= 4 is 15.7 Å². The van der Waals surface area contributed by atoms with Gasteiger partial charge in [0.15, 0.2) is 0 Å². The molecule has 0 aliphatic carbocycles. The Kier molecular flexibility index (Phi) is 4.43. The second-order valence-electron chi connectivity index (χ2n) is 3.45. The van der Waals surface area contributed by atoms with Crippen LogP contribution in [0.1, 0.15) is 12.0 Å². The fourth-order valence-corrected chi connectivity index (χ4v) is 1.81. The maximum atomic E-state index is 12.8. The summed E-state index contributed by atoms with van der Waals surface area (Å²) in [4.78, 5) is 0. The fourth-order valence-electron chi connectivity index (χ4n) is 1.26. The molecular weight excluding hydrogens is 245 g/mol. The van der Waals surface area contributed by atoms with Crippen LogP contribution in [0.4, 0.5) is 10.1 Å². The van der Waals surface area contributed by atoms with E-state index in [4.69, 9.17) is 10.4 Å². The Balaban J connectivity index is 2.56. The van der Waals surface area contributed by atoms with Crippen LogP contribution in [0.25, 0.3) is 0 Å². The quantitative estimate of drug-likeness (QED) is 0.762. The number of rotatable bonds is 5. The highest BCUT2D eigenvalue weighted by Gasteiger charge is 2.04. The first kappa shape index (κ1) is 13.4. The van der Waals surface area contributed by atoms with Crippen LogP contribution < -0.4 is 10.5 Å². The van der Waals surface area contributed by atoms with E-state index in [9.17, 15) is 12.8 Å². The smallest absolute Gasteiger partial charge is 0.209 e. The van der Waals surface area contributed by atoms with Crippen molar-refractivity contribution in [2.45, 2.75) is 6.42 Å². The van der Waals surface area contributed by atoms with Crippen molar-refractivity contribution < 1.29 is 12.8 Å². The molecule has 0 amide bonds. The van der Waals surface area contributed by atoms with Crippen LogP contribution in [0.15, 0.2) is 18.2 Å². The monoisotopic (exact) mass is 257 g/mol. The number of hydrogen-bond acceptors (Lipinski definition) is 4. The van der Waals surface area contributed by atoms with Crippen LogP contribution in [0.5, 0.6) is 0 Å². The van der Waals surface area contributed by atoms with Crippen molar-refractivity contribution in [3.63, 3.8) is 0 Å². The molecule has 0 aliphatic rings. The van der Waals surface area contributed by atoms with Gasteiger partial charge in [0, 0.05) is 6.54 Å². The Morgan fingerprint density at radius 1 is 1.47 bits per heavy atom. The molecule has 17 heavy (non-hydrogen) atoms. The number of nitrogens with zero attached hydrogens (tertiary/aromatic N) is 1. The molecule has 0 saturated carbocycles. The second-order valence-corrected chi connectivity index (χ2v) is 5.18. The van der Waals surface area contributed by atoms with Gasteiger partial charge in [-0.2, -0.15) is 5.26 Å². The average Bonchev–Trinajstić information content (AvgIpc) is 2.24. The zero-order valence-corrected chi connectivity index (χ0v) is 9.80.